The Balaban J connectivity index is 1.78. The minimum Gasteiger partial charge on any atom is -0.312 e. The van der Waals surface area contributed by atoms with E-state index >= 15 is 0 Å². The summed E-state index contributed by atoms with van der Waals surface area (Å²) in [5.74, 6) is -0.0917. The fraction of sp³-hybridized carbons (Fsp3) is 0.625. The van der Waals surface area contributed by atoms with E-state index in [1.54, 1.807) is 6.07 Å². The van der Waals surface area contributed by atoms with E-state index < -0.39 is 0 Å². The van der Waals surface area contributed by atoms with E-state index in [2.05, 4.69) is 24.2 Å². The normalized spacial score (nSPS) is 22.4. The van der Waals surface area contributed by atoms with Crippen LogP contribution < -0.4 is 5.32 Å². The summed E-state index contributed by atoms with van der Waals surface area (Å²) in [6, 6.07) is 8.01. The number of hydrogen-bond donors (Lipinski definition) is 1. The number of halogens is 1. The average molecular weight is 264 g/mol. The summed E-state index contributed by atoms with van der Waals surface area (Å²) < 4.78 is 13.6. The quantitative estimate of drug-likeness (QED) is 0.880. The number of likely N-dealkylation sites (tertiary alicyclic amines) is 1. The van der Waals surface area contributed by atoms with Crippen molar-refractivity contribution in [3.63, 3.8) is 0 Å². The summed E-state index contributed by atoms with van der Waals surface area (Å²) in [6.45, 7) is 4.34. The van der Waals surface area contributed by atoms with Crippen LogP contribution in [0, 0.1) is 5.82 Å². The van der Waals surface area contributed by atoms with Gasteiger partial charge in [0.05, 0.1) is 0 Å². The summed E-state index contributed by atoms with van der Waals surface area (Å²) >= 11 is 0. The Bertz CT molecular complexity index is 394. The number of hydrogen-bond acceptors (Lipinski definition) is 2. The van der Waals surface area contributed by atoms with Crippen LogP contribution >= 0.6 is 0 Å². The first-order valence-corrected chi connectivity index (χ1v) is 7.34. The molecule has 106 valence electrons. The lowest BCUT2D eigenvalue weighted by molar-refractivity contribution is 0.178. The zero-order valence-electron chi connectivity index (χ0n) is 12.0. The Morgan fingerprint density at radius 3 is 2.89 bits per heavy atom. The molecule has 2 nitrogen and oxygen atoms in total. The maximum Gasteiger partial charge on any atom is 0.126 e. The topological polar surface area (TPSA) is 15.3 Å². The molecule has 0 spiro atoms. The summed E-state index contributed by atoms with van der Waals surface area (Å²) in [6.07, 6.45) is 4.68. The molecule has 0 amide bonds. The molecular formula is C16H25FN2. The minimum atomic E-state index is -0.0917. The molecule has 3 heteroatoms. The lowest BCUT2D eigenvalue weighted by Crippen LogP contribution is -2.45. The van der Waals surface area contributed by atoms with Gasteiger partial charge in [0.25, 0.3) is 0 Å². The first-order chi connectivity index (χ1) is 9.16. The van der Waals surface area contributed by atoms with Crippen molar-refractivity contribution in [1.82, 2.24) is 10.2 Å². The van der Waals surface area contributed by atoms with E-state index in [0.717, 1.165) is 18.5 Å². The van der Waals surface area contributed by atoms with Gasteiger partial charge in [0.2, 0.25) is 0 Å². The third-order valence-corrected chi connectivity index (χ3v) is 4.11. The van der Waals surface area contributed by atoms with Gasteiger partial charge < -0.3 is 10.2 Å². The molecule has 2 rings (SSSR count). The fourth-order valence-corrected chi connectivity index (χ4v) is 2.81. The molecule has 1 heterocycles. The van der Waals surface area contributed by atoms with E-state index in [1.165, 1.54) is 31.9 Å². The number of nitrogens with zero attached hydrogens (tertiary/aromatic N) is 1. The van der Waals surface area contributed by atoms with Crippen LogP contribution in [-0.4, -0.2) is 37.1 Å². The average Bonchev–Trinajstić information content (AvgIpc) is 2.40. The number of benzene rings is 1. The van der Waals surface area contributed by atoms with Gasteiger partial charge in [-0.15, -0.1) is 0 Å². The van der Waals surface area contributed by atoms with Crippen LogP contribution in [0.4, 0.5) is 4.39 Å². The minimum absolute atomic E-state index is 0.0917. The summed E-state index contributed by atoms with van der Waals surface area (Å²) in [5, 5.41) is 3.55. The van der Waals surface area contributed by atoms with E-state index in [0.29, 0.717) is 12.1 Å². The zero-order chi connectivity index (χ0) is 13.7. The molecule has 2 atom stereocenters. The second-order valence-corrected chi connectivity index (χ2v) is 5.74. The molecule has 1 aromatic carbocycles. The van der Waals surface area contributed by atoms with Crippen LogP contribution in [0.5, 0.6) is 0 Å². The Hall–Kier alpha value is -0.930. The van der Waals surface area contributed by atoms with Crippen molar-refractivity contribution in [3.8, 4) is 0 Å². The maximum absolute atomic E-state index is 13.6. The molecule has 19 heavy (non-hydrogen) atoms. The van der Waals surface area contributed by atoms with Crippen molar-refractivity contribution >= 4 is 0 Å². The molecule has 1 fully saturated rings. The van der Waals surface area contributed by atoms with Gasteiger partial charge in [-0.05, 0) is 51.4 Å². The predicted molar refractivity (Wildman–Crippen MR) is 77.8 cm³/mol. The second kappa shape index (κ2) is 7.01. The maximum atomic E-state index is 13.6. The molecule has 1 N–H and O–H groups in total. The van der Waals surface area contributed by atoms with Gasteiger partial charge in [0.15, 0.2) is 0 Å². The summed E-state index contributed by atoms with van der Waals surface area (Å²) in [4.78, 5) is 2.44. The highest BCUT2D eigenvalue weighted by atomic mass is 19.1. The van der Waals surface area contributed by atoms with Crippen LogP contribution in [-0.2, 0) is 6.42 Å². The molecule has 0 aliphatic carbocycles. The molecule has 0 aromatic heterocycles. The van der Waals surface area contributed by atoms with Gasteiger partial charge in [0, 0.05) is 18.6 Å². The van der Waals surface area contributed by atoms with Crippen LogP contribution in [0.3, 0.4) is 0 Å². The van der Waals surface area contributed by atoms with Crippen LogP contribution in [0.2, 0.25) is 0 Å². The molecular weight excluding hydrogens is 239 g/mol. The number of rotatable bonds is 5. The van der Waals surface area contributed by atoms with Gasteiger partial charge in [-0.2, -0.15) is 0 Å². The first-order valence-electron chi connectivity index (χ1n) is 7.34. The number of nitrogens with one attached hydrogen (secondary N) is 1. The van der Waals surface area contributed by atoms with E-state index in [1.807, 2.05) is 12.1 Å². The lowest BCUT2D eigenvalue weighted by atomic mass is 10.0. The Labute approximate surface area is 116 Å². The second-order valence-electron chi connectivity index (χ2n) is 5.74. The first kappa shape index (κ1) is 14.5. The molecule has 0 saturated carbocycles. The van der Waals surface area contributed by atoms with Crippen molar-refractivity contribution in [2.75, 3.05) is 20.1 Å². The third-order valence-electron chi connectivity index (χ3n) is 4.11. The standard InChI is InChI=1S/C16H25FN2/c1-13(11-14-7-3-4-9-16(14)17)18-12-15-8-5-6-10-19(15)2/h3-4,7,9,13,15,18H,5-6,8,10-12H2,1-2H3. The van der Waals surface area contributed by atoms with Crippen LogP contribution in [0.1, 0.15) is 31.7 Å². The van der Waals surface area contributed by atoms with E-state index in [4.69, 9.17) is 0 Å². The highest BCUT2D eigenvalue weighted by molar-refractivity contribution is 5.18. The van der Waals surface area contributed by atoms with Crippen molar-refractivity contribution in [1.29, 1.82) is 0 Å². The lowest BCUT2D eigenvalue weighted by Gasteiger charge is -2.33. The largest absolute Gasteiger partial charge is 0.312 e. The van der Waals surface area contributed by atoms with Crippen LogP contribution in [0.15, 0.2) is 24.3 Å². The van der Waals surface area contributed by atoms with Gasteiger partial charge in [-0.25, -0.2) is 4.39 Å². The van der Waals surface area contributed by atoms with Crippen molar-refractivity contribution in [2.24, 2.45) is 0 Å². The van der Waals surface area contributed by atoms with Crippen molar-refractivity contribution in [2.45, 2.75) is 44.7 Å². The summed E-state index contributed by atoms with van der Waals surface area (Å²) in [7, 11) is 2.20. The molecule has 1 aromatic rings. The SMILES string of the molecule is CC(Cc1ccccc1F)NCC1CCCCN1C. The molecule has 1 saturated heterocycles. The highest BCUT2D eigenvalue weighted by Gasteiger charge is 2.19. The monoisotopic (exact) mass is 264 g/mol. The van der Waals surface area contributed by atoms with Crippen LogP contribution in [0.25, 0.3) is 0 Å². The number of piperidine rings is 1. The van der Waals surface area contributed by atoms with Gasteiger partial charge in [-0.1, -0.05) is 24.6 Å². The zero-order valence-corrected chi connectivity index (χ0v) is 12.0. The van der Waals surface area contributed by atoms with E-state index in [-0.39, 0.29) is 5.82 Å². The van der Waals surface area contributed by atoms with Gasteiger partial charge >= 0.3 is 0 Å². The molecule has 1 aliphatic heterocycles. The molecule has 0 bridgehead atoms. The Morgan fingerprint density at radius 2 is 2.16 bits per heavy atom. The Kier molecular flexibility index (Phi) is 5.34. The molecule has 1 aliphatic rings. The van der Waals surface area contributed by atoms with E-state index in [9.17, 15) is 4.39 Å². The molecule has 0 radical (unpaired) electrons. The third kappa shape index (κ3) is 4.29. The van der Waals surface area contributed by atoms with Crippen molar-refractivity contribution in [3.05, 3.63) is 35.6 Å². The van der Waals surface area contributed by atoms with Crippen molar-refractivity contribution < 1.29 is 4.39 Å². The smallest absolute Gasteiger partial charge is 0.126 e. The Morgan fingerprint density at radius 1 is 1.37 bits per heavy atom. The highest BCUT2D eigenvalue weighted by Crippen LogP contribution is 2.14. The number of likely N-dealkylation sites (N-methyl/N-ethyl adjacent to an activating group) is 1. The summed E-state index contributed by atoms with van der Waals surface area (Å²) in [5.41, 5.74) is 0.805. The predicted octanol–water partition coefficient (Wildman–Crippen LogP) is 2.83. The van der Waals surface area contributed by atoms with Gasteiger partial charge in [0.1, 0.15) is 5.82 Å². The van der Waals surface area contributed by atoms with Gasteiger partial charge in [-0.3, -0.25) is 0 Å². The fourth-order valence-electron chi connectivity index (χ4n) is 2.81. The molecule has 2 unspecified atom stereocenters.